The van der Waals surface area contributed by atoms with Crippen LogP contribution in [-0.4, -0.2) is 25.7 Å². The van der Waals surface area contributed by atoms with Crippen molar-refractivity contribution < 1.29 is 8.42 Å². The number of hydrogen-bond acceptors (Lipinski definition) is 4. The molecule has 4 nitrogen and oxygen atoms in total. The zero-order valence-electron chi connectivity index (χ0n) is 11.8. The summed E-state index contributed by atoms with van der Waals surface area (Å²) in [7, 11) is -3.23. The molecule has 1 saturated carbocycles. The molecule has 0 aromatic carbocycles. The summed E-state index contributed by atoms with van der Waals surface area (Å²) in [6.07, 6.45) is 7.29. The highest BCUT2D eigenvalue weighted by Gasteiger charge is 2.27. The molecule has 1 aliphatic carbocycles. The van der Waals surface area contributed by atoms with Crippen LogP contribution in [0, 0.1) is 5.41 Å². The number of sulfone groups is 1. The van der Waals surface area contributed by atoms with Gasteiger partial charge in [0, 0.05) is 18.5 Å². The van der Waals surface area contributed by atoms with Crippen LogP contribution >= 0.6 is 0 Å². The molecule has 0 bridgehead atoms. The van der Waals surface area contributed by atoms with E-state index in [-0.39, 0.29) is 0 Å². The van der Waals surface area contributed by atoms with Crippen LogP contribution in [0.5, 0.6) is 0 Å². The summed E-state index contributed by atoms with van der Waals surface area (Å²) in [5.41, 5.74) is 0.405. The first-order valence-electron chi connectivity index (χ1n) is 6.70. The Labute approximate surface area is 115 Å². The van der Waals surface area contributed by atoms with E-state index in [1.54, 1.807) is 18.3 Å². The Morgan fingerprint density at radius 2 is 1.95 bits per heavy atom. The van der Waals surface area contributed by atoms with Gasteiger partial charge in [0.1, 0.15) is 10.7 Å². The molecule has 0 amide bonds. The van der Waals surface area contributed by atoms with Crippen molar-refractivity contribution in [2.24, 2.45) is 5.41 Å². The molecule has 1 heterocycles. The standard InChI is InChI=1S/C14H22N2O2S/c1-14(2)8-6-11(7-9-14)16-13-12(19(3,17)18)5-4-10-15-13/h4-5,10-11H,6-9H2,1-3H3,(H,15,16). The highest BCUT2D eigenvalue weighted by atomic mass is 32.2. The lowest BCUT2D eigenvalue weighted by molar-refractivity contribution is 0.232. The van der Waals surface area contributed by atoms with Crippen molar-refractivity contribution in [2.75, 3.05) is 11.6 Å². The second-order valence-electron chi connectivity index (χ2n) is 6.21. The summed E-state index contributed by atoms with van der Waals surface area (Å²) in [5.74, 6) is 0.495. The number of pyridine rings is 1. The fraction of sp³-hybridized carbons (Fsp3) is 0.643. The van der Waals surface area contributed by atoms with Crippen molar-refractivity contribution >= 4 is 15.7 Å². The van der Waals surface area contributed by atoms with Crippen LogP contribution in [0.1, 0.15) is 39.5 Å². The van der Waals surface area contributed by atoms with Crippen LogP contribution < -0.4 is 5.32 Å². The lowest BCUT2D eigenvalue weighted by atomic mass is 9.75. The SMILES string of the molecule is CC1(C)CCC(Nc2ncccc2S(C)(=O)=O)CC1. The topological polar surface area (TPSA) is 59.1 Å². The maximum atomic E-state index is 11.7. The van der Waals surface area contributed by atoms with Gasteiger partial charge in [-0.15, -0.1) is 0 Å². The molecule has 1 N–H and O–H groups in total. The molecule has 1 aromatic heterocycles. The van der Waals surface area contributed by atoms with E-state index < -0.39 is 9.84 Å². The van der Waals surface area contributed by atoms with Gasteiger partial charge in [-0.3, -0.25) is 0 Å². The first-order chi connectivity index (χ1) is 8.78. The lowest BCUT2D eigenvalue weighted by Gasteiger charge is -2.35. The molecule has 0 spiro atoms. The zero-order chi connectivity index (χ0) is 14.1. The average molecular weight is 282 g/mol. The highest BCUT2D eigenvalue weighted by molar-refractivity contribution is 7.90. The van der Waals surface area contributed by atoms with Gasteiger partial charge in [0.25, 0.3) is 0 Å². The van der Waals surface area contributed by atoms with Crippen LogP contribution in [0.4, 0.5) is 5.82 Å². The first-order valence-corrected chi connectivity index (χ1v) is 8.59. The van der Waals surface area contributed by atoms with Gasteiger partial charge in [-0.1, -0.05) is 13.8 Å². The third kappa shape index (κ3) is 3.69. The smallest absolute Gasteiger partial charge is 0.179 e. The van der Waals surface area contributed by atoms with Gasteiger partial charge in [0.2, 0.25) is 0 Å². The summed E-state index contributed by atoms with van der Waals surface area (Å²) in [6, 6.07) is 3.59. The van der Waals surface area contributed by atoms with E-state index in [9.17, 15) is 8.42 Å². The quantitative estimate of drug-likeness (QED) is 0.926. The largest absolute Gasteiger partial charge is 0.366 e. The Kier molecular flexibility index (Phi) is 3.85. The molecule has 0 aliphatic heterocycles. The Morgan fingerprint density at radius 1 is 1.32 bits per heavy atom. The summed E-state index contributed by atoms with van der Waals surface area (Å²) in [5, 5.41) is 3.30. The number of hydrogen-bond donors (Lipinski definition) is 1. The third-order valence-corrected chi connectivity index (χ3v) is 4.98. The fourth-order valence-corrected chi connectivity index (χ4v) is 3.32. The maximum Gasteiger partial charge on any atom is 0.179 e. The Balaban J connectivity index is 2.13. The summed E-state index contributed by atoms with van der Waals surface area (Å²) >= 11 is 0. The molecule has 19 heavy (non-hydrogen) atoms. The van der Waals surface area contributed by atoms with Crippen LogP contribution in [0.25, 0.3) is 0 Å². The molecule has 1 aromatic rings. The van der Waals surface area contributed by atoms with Gasteiger partial charge in [0.15, 0.2) is 9.84 Å². The third-order valence-electron chi connectivity index (χ3n) is 3.85. The zero-order valence-corrected chi connectivity index (χ0v) is 12.6. The van der Waals surface area contributed by atoms with Gasteiger partial charge >= 0.3 is 0 Å². The van der Waals surface area contributed by atoms with Crippen LogP contribution in [0.15, 0.2) is 23.2 Å². The number of nitrogens with zero attached hydrogens (tertiary/aromatic N) is 1. The van der Waals surface area contributed by atoms with Crippen molar-refractivity contribution in [3.8, 4) is 0 Å². The maximum absolute atomic E-state index is 11.7. The van der Waals surface area contributed by atoms with E-state index in [0.29, 0.717) is 22.2 Å². The minimum absolute atomic E-state index is 0.292. The number of nitrogens with one attached hydrogen (secondary N) is 1. The van der Waals surface area contributed by atoms with E-state index in [4.69, 9.17) is 0 Å². The molecule has 2 rings (SSSR count). The van der Waals surface area contributed by atoms with E-state index >= 15 is 0 Å². The minimum Gasteiger partial charge on any atom is -0.366 e. The van der Waals surface area contributed by atoms with E-state index in [0.717, 1.165) is 25.7 Å². The molecule has 0 saturated heterocycles. The molecule has 0 unspecified atom stereocenters. The second-order valence-corrected chi connectivity index (χ2v) is 8.19. The van der Waals surface area contributed by atoms with Crippen LogP contribution in [0.3, 0.4) is 0 Å². The lowest BCUT2D eigenvalue weighted by Crippen LogP contribution is -2.30. The Bertz CT molecular complexity index is 542. The van der Waals surface area contributed by atoms with Crippen molar-refractivity contribution in [3.05, 3.63) is 18.3 Å². The second kappa shape index (κ2) is 5.12. The summed E-state index contributed by atoms with van der Waals surface area (Å²) < 4.78 is 23.4. The highest BCUT2D eigenvalue weighted by Crippen LogP contribution is 2.36. The number of aromatic nitrogens is 1. The molecule has 1 fully saturated rings. The predicted octanol–water partition coefficient (Wildman–Crippen LogP) is 2.87. The van der Waals surface area contributed by atoms with E-state index in [2.05, 4.69) is 24.1 Å². The van der Waals surface area contributed by atoms with Crippen molar-refractivity contribution in [1.29, 1.82) is 0 Å². The van der Waals surface area contributed by atoms with Crippen molar-refractivity contribution in [2.45, 2.75) is 50.5 Å². The van der Waals surface area contributed by atoms with Crippen molar-refractivity contribution in [3.63, 3.8) is 0 Å². The van der Waals surface area contributed by atoms with Crippen LogP contribution in [0.2, 0.25) is 0 Å². The van der Waals surface area contributed by atoms with Gasteiger partial charge in [-0.2, -0.15) is 0 Å². The minimum atomic E-state index is -3.23. The van der Waals surface area contributed by atoms with Gasteiger partial charge in [0.05, 0.1) is 0 Å². The predicted molar refractivity (Wildman–Crippen MR) is 77.0 cm³/mol. The number of anilines is 1. The Hall–Kier alpha value is -1.10. The molecule has 1 aliphatic rings. The molecule has 0 atom stereocenters. The average Bonchev–Trinajstić information content (AvgIpc) is 2.31. The monoisotopic (exact) mass is 282 g/mol. The van der Waals surface area contributed by atoms with E-state index in [1.165, 1.54) is 6.26 Å². The summed E-state index contributed by atoms with van der Waals surface area (Å²) in [6.45, 7) is 4.57. The molecule has 106 valence electrons. The molecular weight excluding hydrogens is 260 g/mol. The summed E-state index contributed by atoms with van der Waals surface area (Å²) in [4.78, 5) is 4.48. The normalized spacial score (nSPS) is 20.2. The van der Waals surface area contributed by atoms with Crippen LogP contribution in [-0.2, 0) is 9.84 Å². The van der Waals surface area contributed by atoms with Crippen molar-refractivity contribution in [1.82, 2.24) is 4.98 Å². The number of rotatable bonds is 3. The molecular formula is C14H22N2O2S. The fourth-order valence-electron chi connectivity index (χ4n) is 2.54. The van der Waals surface area contributed by atoms with Gasteiger partial charge in [-0.05, 0) is 43.2 Å². The van der Waals surface area contributed by atoms with E-state index in [1.807, 2.05) is 0 Å². The van der Waals surface area contributed by atoms with Gasteiger partial charge in [-0.25, -0.2) is 13.4 Å². The first kappa shape index (κ1) is 14.3. The molecule has 5 heteroatoms. The molecule has 0 radical (unpaired) electrons. The Morgan fingerprint density at radius 3 is 2.53 bits per heavy atom. The van der Waals surface area contributed by atoms with Gasteiger partial charge < -0.3 is 5.32 Å².